The Morgan fingerprint density at radius 2 is 2.15 bits per heavy atom. The lowest BCUT2D eigenvalue weighted by Crippen LogP contribution is -2.35. The number of phenols is 1. The zero-order chi connectivity index (χ0) is 14.7. The molecule has 0 aromatic heterocycles. The average molecular weight is 277 g/mol. The molecule has 1 aromatic rings. The molecule has 20 heavy (non-hydrogen) atoms. The number of rotatable bonds is 3. The zero-order valence-corrected chi connectivity index (χ0v) is 11.1. The van der Waals surface area contributed by atoms with Crippen LogP contribution in [0.25, 0.3) is 0 Å². The Kier molecular flexibility index (Phi) is 4.02. The minimum atomic E-state index is -0.786. The minimum absolute atomic E-state index is 0.00514. The van der Waals surface area contributed by atoms with Crippen LogP contribution >= 0.6 is 0 Å². The number of amides is 2. The van der Waals surface area contributed by atoms with Gasteiger partial charge in [0.25, 0.3) is 5.91 Å². The zero-order valence-electron chi connectivity index (χ0n) is 11.1. The number of carbonyl (C=O) groups is 3. The van der Waals surface area contributed by atoms with Gasteiger partial charge < -0.3 is 9.84 Å². The van der Waals surface area contributed by atoms with Crippen LogP contribution in [0.1, 0.15) is 28.8 Å². The van der Waals surface area contributed by atoms with E-state index in [1.54, 1.807) is 13.0 Å². The number of imide groups is 1. The summed E-state index contributed by atoms with van der Waals surface area (Å²) in [6.45, 7) is 1.63. The number of likely N-dealkylation sites (tertiary alicyclic amines) is 1. The Labute approximate surface area is 115 Å². The highest BCUT2D eigenvalue weighted by Crippen LogP contribution is 2.19. The summed E-state index contributed by atoms with van der Waals surface area (Å²) >= 11 is 0. The average Bonchev–Trinajstić information content (AvgIpc) is 2.84. The van der Waals surface area contributed by atoms with Gasteiger partial charge in [-0.1, -0.05) is 11.6 Å². The van der Waals surface area contributed by atoms with Crippen LogP contribution in [0.2, 0.25) is 0 Å². The molecule has 2 amide bonds. The topological polar surface area (TPSA) is 83.9 Å². The molecule has 1 aliphatic rings. The highest BCUT2D eigenvalue weighted by atomic mass is 16.5. The fourth-order valence-corrected chi connectivity index (χ4v) is 2.01. The van der Waals surface area contributed by atoms with Gasteiger partial charge >= 0.3 is 5.97 Å². The maximum absolute atomic E-state index is 11.8. The van der Waals surface area contributed by atoms with Crippen molar-refractivity contribution in [1.29, 1.82) is 0 Å². The number of benzene rings is 1. The molecule has 6 nitrogen and oxygen atoms in total. The summed E-state index contributed by atoms with van der Waals surface area (Å²) in [5.41, 5.74) is 0.793. The van der Waals surface area contributed by atoms with E-state index in [1.807, 2.05) is 0 Å². The Morgan fingerprint density at radius 1 is 1.40 bits per heavy atom. The molecule has 0 atom stereocenters. The lowest BCUT2D eigenvalue weighted by molar-refractivity contribution is -0.143. The smallest absolute Gasteiger partial charge is 0.342 e. The van der Waals surface area contributed by atoms with E-state index in [0.29, 0.717) is 19.4 Å². The largest absolute Gasteiger partial charge is 0.507 e. The van der Waals surface area contributed by atoms with Gasteiger partial charge in [0.2, 0.25) is 5.91 Å². The van der Waals surface area contributed by atoms with Gasteiger partial charge in [-0.2, -0.15) is 0 Å². The van der Waals surface area contributed by atoms with Gasteiger partial charge in [0.15, 0.2) is 6.61 Å². The van der Waals surface area contributed by atoms with Crippen molar-refractivity contribution in [3.63, 3.8) is 0 Å². The van der Waals surface area contributed by atoms with Crippen molar-refractivity contribution in [1.82, 2.24) is 4.90 Å². The molecule has 0 bridgehead atoms. The van der Waals surface area contributed by atoms with Crippen molar-refractivity contribution in [2.75, 3.05) is 13.2 Å². The number of carbonyl (C=O) groups excluding carboxylic acids is 3. The molecule has 1 aromatic carbocycles. The molecule has 1 N–H and O–H groups in total. The first-order valence-electron chi connectivity index (χ1n) is 6.29. The second kappa shape index (κ2) is 5.73. The van der Waals surface area contributed by atoms with Crippen LogP contribution < -0.4 is 0 Å². The molecule has 0 unspecified atom stereocenters. The molecule has 1 saturated heterocycles. The first-order valence-corrected chi connectivity index (χ1v) is 6.29. The van der Waals surface area contributed by atoms with Gasteiger partial charge in [0.1, 0.15) is 11.3 Å². The van der Waals surface area contributed by atoms with Crippen LogP contribution in [-0.4, -0.2) is 40.9 Å². The third-order valence-corrected chi connectivity index (χ3v) is 3.07. The molecule has 0 saturated carbocycles. The summed E-state index contributed by atoms with van der Waals surface area (Å²) in [5, 5.41) is 9.57. The third kappa shape index (κ3) is 2.96. The van der Waals surface area contributed by atoms with E-state index in [4.69, 9.17) is 4.74 Å². The molecular formula is C14H15NO5. The molecule has 0 aliphatic carbocycles. The monoisotopic (exact) mass is 277 g/mol. The molecule has 2 rings (SSSR count). The first kappa shape index (κ1) is 14.0. The van der Waals surface area contributed by atoms with Crippen LogP contribution in [0.15, 0.2) is 18.2 Å². The molecule has 1 heterocycles. The van der Waals surface area contributed by atoms with Crippen LogP contribution in [0.4, 0.5) is 0 Å². The first-order chi connectivity index (χ1) is 9.49. The molecule has 0 spiro atoms. The minimum Gasteiger partial charge on any atom is -0.507 e. The summed E-state index contributed by atoms with van der Waals surface area (Å²) in [4.78, 5) is 35.9. The number of hydrogen-bond acceptors (Lipinski definition) is 5. The standard InChI is InChI=1S/C14H15NO5/c1-9-4-5-11(16)10(7-9)14(19)20-8-13(18)15-6-2-3-12(15)17/h4-5,7,16H,2-3,6,8H2,1H3. The van der Waals surface area contributed by atoms with Crippen molar-refractivity contribution in [3.8, 4) is 5.75 Å². The number of hydrogen-bond donors (Lipinski definition) is 1. The maximum atomic E-state index is 11.8. The van der Waals surface area contributed by atoms with Crippen LogP contribution in [-0.2, 0) is 14.3 Å². The van der Waals surface area contributed by atoms with Gasteiger partial charge in [-0.15, -0.1) is 0 Å². The number of ether oxygens (including phenoxy) is 1. The van der Waals surface area contributed by atoms with E-state index >= 15 is 0 Å². The fourth-order valence-electron chi connectivity index (χ4n) is 2.01. The lowest BCUT2D eigenvalue weighted by atomic mass is 10.1. The van der Waals surface area contributed by atoms with E-state index in [0.717, 1.165) is 10.5 Å². The number of aryl methyl sites for hydroxylation is 1. The molecule has 1 fully saturated rings. The second-order valence-electron chi connectivity index (χ2n) is 4.64. The third-order valence-electron chi connectivity index (χ3n) is 3.07. The Bertz CT molecular complexity index is 567. The van der Waals surface area contributed by atoms with E-state index in [2.05, 4.69) is 0 Å². The predicted molar refractivity (Wildman–Crippen MR) is 69.1 cm³/mol. The van der Waals surface area contributed by atoms with E-state index < -0.39 is 18.5 Å². The van der Waals surface area contributed by atoms with Crippen LogP contribution in [0.3, 0.4) is 0 Å². The second-order valence-corrected chi connectivity index (χ2v) is 4.64. The lowest BCUT2D eigenvalue weighted by Gasteiger charge is -2.13. The quantitative estimate of drug-likeness (QED) is 0.833. The van der Waals surface area contributed by atoms with Gasteiger partial charge in [-0.05, 0) is 25.5 Å². The molecule has 106 valence electrons. The fraction of sp³-hybridized carbons (Fsp3) is 0.357. The molecular weight excluding hydrogens is 262 g/mol. The summed E-state index contributed by atoms with van der Waals surface area (Å²) < 4.78 is 4.84. The summed E-state index contributed by atoms with van der Waals surface area (Å²) in [5.74, 6) is -1.77. The van der Waals surface area contributed by atoms with Crippen LogP contribution in [0, 0.1) is 6.92 Å². The summed E-state index contributed by atoms with van der Waals surface area (Å²) in [7, 11) is 0. The Balaban J connectivity index is 1.97. The van der Waals surface area contributed by atoms with Crippen LogP contribution in [0.5, 0.6) is 5.75 Å². The molecule has 6 heteroatoms. The SMILES string of the molecule is Cc1ccc(O)c(C(=O)OCC(=O)N2CCCC2=O)c1. The van der Waals surface area contributed by atoms with Gasteiger partial charge in [-0.25, -0.2) is 4.79 Å². The van der Waals surface area contributed by atoms with Gasteiger partial charge in [0, 0.05) is 13.0 Å². The van der Waals surface area contributed by atoms with E-state index in [1.165, 1.54) is 12.1 Å². The summed E-state index contributed by atoms with van der Waals surface area (Å²) in [6, 6.07) is 4.51. The van der Waals surface area contributed by atoms with E-state index in [-0.39, 0.29) is 17.2 Å². The molecule has 0 radical (unpaired) electrons. The molecule has 1 aliphatic heterocycles. The van der Waals surface area contributed by atoms with Gasteiger partial charge in [-0.3, -0.25) is 14.5 Å². The van der Waals surface area contributed by atoms with Crippen molar-refractivity contribution >= 4 is 17.8 Å². The number of esters is 1. The number of aromatic hydroxyl groups is 1. The number of nitrogens with zero attached hydrogens (tertiary/aromatic N) is 1. The van der Waals surface area contributed by atoms with Crippen molar-refractivity contribution in [3.05, 3.63) is 29.3 Å². The normalized spacial score (nSPS) is 14.4. The maximum Gasteiger partial charge on any atom is 0.342 e. The Morgan fingerprint density at radius 3 is 2.80 bits per heavy atom. The van der Waals surface area contributed by atoms with Crippen molar-refractivity contribution < 1.29 is 24.2 Å². The summed E-state index contributed by atoms with van der Waals surface area (Å²) in [6.07, 6.45) is 0.982. The Hall–Kier alpha value is -2.37. The number of phenolic OH excluding ortho intramolecular Hbond substituents is 1. The van der Waals surface area contributed by atoms with Gasteiger partial charge in [0.05, 0.1) is 0 Å². The van der Waals surface area contributed by atoms with Crippen molar-refractivity contribution in [2.24, 2.45) is 0 Å². The van der Waals surface area contributed by atoms with E-state index in [9.17, 15) is 19.5 Å². The highest BCUT2D eigenvalue weighted by molar-refractivity contribution is 5.99. The highest BCUT2D eigenvalue weighted by Gasteiger charge is 2.27. The predicted octanol–water partition coefficient (Wildman–Crippen LogP) is 1.01. The van der Waals surface area contributed by atoms with Crippen molar-refractivity contribution in [2.45, 2.75) is 19.8 Å².